The van der Waals surface area contributed by atoms with Crippen LogP contribution in [0.2, 0.25) is 0 Å². The van der Waals surface area contributed by atoms with Crippen LogP contribution in [0.3, 0.4) is 0 Å². The van der Waals surface area contributed by atoms with Crippen molar-refractivity contribution in [2.45, 2.75) is 31.8 Å². The lowest BCUT2D eigenvalue weighted by Crippen LogP contribution is -2.14. The van der Waals surface area contributed by atoms with Gasteiger partial charge in [-0.25, -0.2) is 4.98 Å². The van der Waals surface area contributed by atoms with Crippen molar-refractivity contribution in [2.24, 2.45) is 0 Å². The first-order valence-corrected chi connectivity index (χ1v) is 11.6. The summed E-state index contributed by atoms with van der Waals surface area (Å²) in [5, 5.41) is 10.6. The van der Waals surface area contributed by atoms with Gasteiger partial charge in [0.25, 0.3) is 0 Å². The summed E-state index contributed by atoms with van der Waals surface area (Å²) in [5.41, 5.74) is 3.65. The molecular formula is C25H25N5O2S. The van der Waals surface area contributed by atoms with Crippen molar-refractivity contribution in [1.82, 2.24) is 20.2 Å². The van der Waals surface area contributed by atoms with Crippen LogP contribution in [0.4, 0.5) is 5.69 Å². The van der Waals surface area contributed by atoms with Crippen LogP contribution in [-0.4, -0.2) is 31.8 Å². The number of hydrogen-bond donors (Lipinski definition) is 2. The van der Waals surface area contributed by atoms with Crippen molar-refractivity contribution in [3.8, 4) is 22.9 Å². The van der Waals surface area contributed by atoms with E-state index < -0.39 is 0 Å². The molecule has 33 heavy (non-hydrogen) atoms. The average Bonchev–Trinajstić information content (AvgIpc) is 3.30. The van der Waals surface area contributed by atoms with Gasteiger partial charge in [-0.15, -0.1) is 0 Å². The zero-order valence-corrected chi connectivity index (χ0v) is 19.5. The number of aromatic nitrogens is 4. The Bertz CT molecular complexity index is 1240. The molecule has 2 aromatic heterocycles. The lowest BCUT2D eigenvalue weighted by atomic mass is 10.0. The highest BCUT2D eigenvalue weighted by molar-refractivity contribution is 7.99. The van der Waals surface area contributed by atoms with Gasteiger partial charge >= 0.3 is 0 Å². The fourth-order valence-electron chi connectivity index (χ4n) is 3.23. The normalized spacial score (nSPS) is 10.9. The molecule has 0 saturated carbocycles. The maximum atomic E-state index is 12.5. The molecule has 0 bridgehead atoms. The van der Waals surface area contributed by atoms with E-state index in [0.29, 0.717) is 11.0 Å². The van der Waals surface area contributed by atoms with Crippen molar-refractivity contribution in [2.75, 3.05) is 11.1 Å². The molecular weight excluding hydrogens is 434 g/mol. The van der Waals surface area contributed by atoms with E-state index in [1.165, 1.54) is 11.8 Å². The molecule has 1 amide bonds. The molecule has 0 aliphatic carbocycles. The van der Waals surface area contributed by atoms with E-state index in [1.54, 1.807) is 12.4 Å². The standard InChI is InChI=1S/C25H25N5O2S/c1-16(2)20-13-19(10-11-22(20)32-21-9-5-4-7-17(21)3)27-23(31)15-33-25-28-24(29-30-25)18-8-6-12-26-14-18/h4-14,16H,15H2,1-3H3,(H,27,31)(H,28,29,30). The number of amides is 1. The van der Waals surface area contributed by atoms with Gasteiger partial charge in [-0.3, -0.25) is 14.9 Å². The summed E-state index contributed by atoms with van der Waals surface area (Å²) < 4.78 is 6.17. The first-order valence-electron chi connectivity index (χ1n) is 10.6. The maximum absolute atomic E-state index is 12.5. The lowest BCUT2D eigenvalue weighted by molar-refractivity contribution is -0.113. The maximum Gasteiger partial charge on any atom is 0.234 e. The van der Waals surface area contributed by atoms with E-state index in [-0.39, 0.29) is 17.6 Å². The van der Waals surface area contributed by atoms with Crippen LogP contribution in [0.1, 0.15) is 30.9 Å². The molecule has 8 heteroatoms. The Morgan fingerprint density at radius 3 is 2.73 bits per heavy atom. The minimum Gasteiger partial charge on any atom is -0.457 e. The first kappa shape index (κ1) is 22.5. The second-order valence-corrected chi connectivity index (χ2v) is 8.78. The van der Waals surface area contributed by atoms with E-state index in [4.69, 9.17) is 4.74 Å². The molecule has 0 aliphatic heterocycles. The zero-order chi connectivity index (χ0) is 23.2. The quantitative estimate of drug-likeness (QED) is 0.323. The third-order valence-corrected chi connectivity index (χ3v) is 5.82. The summed E-state index contributed by atoms with van der Waals surface area (Å²) in [6, 6.07) is 17.4. The van der Waals surface area contributed by atoms with Gasteiger partial charge in [0, 0.05) is 23.6 Å². The van der Waals surface area contributed by atoms with Gasteiger partial charge in [0.1, 0.15) is 11.5 Å². The number of carbonyl (C=O) groups is 1. The van der Waals surface area contributed by atoms with Crippen LogP contribution >= 0.6 is 11.8 Å². The fourth-order valence-corrected chi connectivity index (χ4v) is 3.83. The minimum atomic E-state index is -0.124. The average molecular weight is 460 g/mol. The number of pyridine rings is 1. The number of benzene rings is 2. The fraction of sp³-hybridized carbons (Fsp3) is 0.200. The molecule has 0 spiro atoms. The van der Waals surface area contributed by atoms with E-state index in [0.717, 1.165) is 33.9 Å². The minimum absolute atomic E-state index is 0.124. The molecule has 2 N–H and O–H groups in total. The second kappa shape index (κ2) is 10.3. The second-order valence-electron chi connectivity index (χ2n) is 7.82. The van der Waals surface area contributed by atoms with Gasteiger partial charge in [-0.1, -0.05) is 43.8 Å². The number of aromatic amines is 1. The molecule has 0 aliphatic rings. The number of carbonyl (C=O) groups excluding carboxylic acids is 1. The predicted octanol–water partition coefficient (Wildman–Crippen LogP) is 5.82. The molecule has 2 heterocycles. The van der Waals surface area contributed by atoms with Crippen molar-refractivity contribution in [3.05, 3.63) is 78.1 Å². The zero-order valence-electron chi connectivity index (χ0n) is 18.7. The molecule has 0 unspecified atom stereocenters. The SMILES string of the molecule is Cc1ccccc1Oc1ccc(NC(=O)CSc2nc(-c3cccnc3)n[nH]2)cc1C(C)C. The van der Waals surface area contributed by atoms with E-state index >= 15 is 0 Å². The highest BCUT2D eigenvalue weighted by Gasteiger charge is 2.13. The smallest absolute Gasteiger partial charge is 0.234 e. The van der Waals surface area contributed by atoms with Crippen molar-refractivity contribution in [3.63, 3.8) is 0 Å². The van der Waals surface area contributed by atoms with E-state index in [1.807, 2.05) is 61.5 Å². The van der Waals surface area contributed by atoms with Crippen LogP contribution in [0.5, 0.6) is 11.5 Å². The number of nitrogens with zero attached hydrogens (tertiary/aromatic N) is 3. The number of hydrogen-bond acceptors (Lipinski definition) is 6. The van der Waals surface area contributed by atoms with Gasteiger partial charge < -0.3 is 10.1 Å². The Balaban J connectivity index is 1.39. The highest BCUT2D eigenvalue weighted by atomic mass is 32.2. The van der Waals surface area contributed by atoms with Gasteiger partial charge in [-0.05, 0) is 60.4 Å². The summed E-state index contributed by atoms with van der Waals surface area (Å²) in [4.78, 5) is 21.0. The van der Waals surface area contributed by atoms with E-state index in [9.17, 15) is 4.79 Å². The number of aryl methyl sites for hydroxylation is 1. The Kier molecular flexibility index (Phi) is 7.04. The number of para-hydroxylation sites is 1. The molecule has 0 fully saturated rings. The van der Waals surface area contributed by atoms with E-state index in [2.05, 4.69) is 39.3 Å². The van der Waals surface area contributed by atoms with Gasteiger partial charge in [0.05, 0.1) is 5.75 Å². The summed E-state index contributed by atoms with van der Waals surface area (Å²) >= 11 is 1.29. The number of anilines is 1. The predicted molar refractivity (Wildman–Crippen MR) is 131 cm³/mol. The van der Waals surface area contributed by atoms with Crippen molar-refractivity contribution < 1.29 is 9.53 Å². The summed E-state index contributed by atoms with van der Waals surface area (Å²) in [6.07, 6.45) is 3.39. The third-order valence-electron chi connectivity index (χ3n) is 4.95. The largest absolute Gasteiger partial charge is 0.457 e. The first-order chi connectivity index (χ1) is 16.0. The Morgan fingerprint density at radius 2 is 1.97 bits per heavy atom. The van der Waals surface area contributed by atoms with Crippen LogP contribution in [-0.2, 0) is 4.79 Å². The van der Waals surface area contributed by atoms with Crippen LogP contribution in [0.25, 0.3) is 11.4 Å². The Hall–Kier alpha value is -3.65. The number of ether oxygens (including phenoxy) is 1. The third kappa shape index (κ3) is 5.78. The lowest BCUT2D eigenvalue weighted by Gasteiger charge is -2.17. The van der Waals surface area contributed by atoms with Crippen LogP contribution in [0.15, 0.2) is 72.1 Å². The summed E-state index contributed by atoms with van der Waals surface area (Å²) in [6.45, 7) is 6.22. The highest BCUT2D eigenvalue weighted by Crippen LogP contribution is 2.34. The number of nitrogens with one attached hydrogen (secondary N) is 2. The molecule has 7 nitrogen and oxygen atoms in total. The molecule has 0 atom stereocenters. The molecule has 0 radical (unpaired) electrons. The van der Waals surface area contributed by atoms with Crippen molar-refractivity contribution >= 4 is 23.4 Å². The van der Waals surface area contributed by atoms with Gasteiger partial charge in [0.2, 0.25) is 5.91 Å². The molecule has 4 aromatic rings. The summed E-state index contributed by atoms with van der Waals surface area (Å²) in [5.74, 6) is 2.48. The molecule has 0 saturated heterocycles. The monoisotopic (exact) mass is 459 g/mol. The van der Waals surface area contributed by atoms with Crippen molar-refractivity contribution in [1.29, 1.82) is 0 Å². The topological polar surface area (TPSA) is 92.8 Å². The molecule has 4 rings (SSSR count). The molecule has 168 valence electrons. The number of rotatable bonds is 8. The van der Waals surface area contributed by atoms with Crippen LogP contribution < -0.4 is 10.1 Å². The van der Waals surface area contributed by atoms with Gasteiger partial charge in [0.15, 0.2) is 11.0 Å². The Labute approximate surface area is 197 Å². The van der Waals surface area contributed by atoms with Gasteiger partial charge in [-0.2, -0.15) is 5.10 Å². The number of thioether (sulfide) groups is 1. The molecule has 2 aromatic carbocycles. The van der Waals surface area contributed by atoms with Crippen LogP contribution in [0, 0.1) is 6.92 Å². The number of H-pyrrole nitrogens is 1. The Morgan fingerprint density at radius 1 is 1.12 bits per heavy atom. The summed E-state index contributed by atoms with van der Waals surface area (Å²) in [7, 11) is 0.